The molecule has 0 aliphatic heterocycles. The molecule has 0 aromatic carbocycles. The van der Waals surface area contributed by atoms with E-state index in [1.54, 1.807) is 13.2 Å². The first-order valence-electron chi connectivity index (χ1n) is 5.46. The number of likely N-dealkylation sites (N-methyl/N-ethyl adjacent to an activating group) is 1. The van der Waals surface area contributed by atoms with Crippen molar-refractivity contribution in [2.24, 2.45) is 5.73 Å². The van der Waals surface area contributed by atoms with Crippen LogP contribution >= 0.6 is 0 Å². The Kier molecular flexibility index (Phi) is 5.81. The molecule has 8 heteroatoms. The maximum Gasteiger partial charge on any atom is 0.250 e. The van der Waals surface area contributed by atoms with Gasteiger partial charge < -0.3 is 21.1 Å². The Hall–Kier alpha value is -1.93. The topological polar surface area (TPSA) is 111 Å². The van der Waals surface area contributed by atoms with Gasteiger partial charge in [0, 0.05) is 19.8 Å². The van der Waals surface area contributed by atoms with Crippen molar-refractivity contribution in [3.8, 4) is 0 Å². The van der Waals surface area contributed by atoms with Crippen LogP contribution in [0.3, 0.4) is 0 Å². The normalized spacial score (nSPS) is 10.1. The van der Waals surface area contributed by atoms with E-state index in [1.807, 2.05) is 0 Å². The lowest BCUT2D eigenvalue weighted by Crippen LogP contribution is -2.23. The van der Waals surface area contributed by atoms with Crippen LogP contribution in [0.5, 0.6) is 0 Å². The molecule has 0 saturated carbocycles. The molecule has 1 rings (SSSR count). The van der Waals surface area contributed by atoms with E-state index < -0.39 is 0 Å². The highest BCUT2D eigenvalue weighted by molar-refractivity contribution is 5.91. The number of amides is 2. The molecule has 1 aromatic rings. The van der Waals surface area contributed by atoms with Crippen molar-refractivity contribution >= 4 is 17.5 Å². The molecule has 18 heavy (non-hydrogen) atoms. The van der Waals surface area contributed by atoms with Gasteiger partial charge in [-0.25, -0.2) is 0 Å². The van der Waals surface area contributed by atoms with Crippen molar-refractivity contribution in [2.45, 2.75) is 6.54 Å². The highest BCUT2D eigenvalue weighted by atomic mass is 16.5. The standard InChI is InChI=1S/C10H17N5O3/c1-12-9(16)6-15-5-8(4-13-15)14-10(17)7-18-3-2-11/h4-5H,2-3,6-7,11H2,1H3,(H,12,16)(H,14,17). The third-order valence-electron chi connectivity index (χ3n) is 2.00. The number of nitrogens with one attached hydrogen (secondary N) is 2. The van der Waals surface area contributed by atoms with Gasteiger partial charge in [0.25, 0.3) is 0 Å². The molecule has 0 spiro atoms. The molecule has 0 bridgehead atoms. The van der Waals surface area contributed by atoms with Gasteiger partial charge in [0.05, 0.1) is 18.5 Å². The van der Waals surface area contributed by atoms with Crippen LogP contribution in [0.15, 0.2) is 12.4 Å². The number of nitrogens with two attached hydrogens (primary N) is 1. The summed E-state index contributed by atoms with van der Waals surface area (Å²) >= 11 is 0. The predicted molar refractivity (Wildman–Crippen MR) is 64.8 cm³/mol. The molecule has 4 N–H and O–H groups in total. The van der Waals surface area contributed by atoms with E-state index in [1.165, 1.54) is 10.9 Å². The van der Waals surface area contributed by atoms with Crippen molar-refractivity contribution in [1.29, 1.82) is 0 Å². The van der Waals surface area contributed by atoms with Crippen molar-refractivity contribution in [1.82, 2.24) is 15.1 Å². The van der Waals surface area contributed by atoms with E-state index in [0.717, 1.165) is 0 Å². The molecule has 0 atom stereocenters. The second-order valence-corrected chi connectivity index (χ2v) is 3.49. The zero-order valence-corrected chi connectivity index (χ0v) is 10.2. The van der Waals surface area contributed by atoms with E-state index in [0.29, 0.717) is 18.8 Å². The Bertz CT molecular complexity index is 404. The number of rotatable bonds is 7. The number of hydrogen-bond acceptors (Lipinski definition) is 5. The summed E-state index contributed by atoms with van der Waals surface area (Å²) < 4.78 is 6.40. The van der Waals surface area contributed by atoms with E-state index in [-0.39, 0.29) is 25.0 Å². The van der Waals surface area contributed by atoms with Gasteiger partial charge in [-0.05, 0) is 0 Å². The van der Waals surface area contributed by atoms with Crippen LogP contribution in [0.2, 0.25) is 0 Å². The van der Waals surface area contributed by atoms with Gasteiger partial charge in [0.1, 0.15) is 13.2 Å². The number of carbonyl (C=O) groups is 2. The molecule has 0 saturated heterocycles. The minimum Gasteiger partial charge on any atom is -0.370 e. The van der Waals surface area contributed by atoms with Gasteiger partial charge in [-0.3, -0.25) is 14.3 Å². The lowest BCUT2D eigenvalue weighted by molar-refractivity contribution is -0.121. The highest BCUT2D eigenvalue weighted by Gasteiger charge is 2.06. The number of aromatic nitrogens is 2. The van der Waals surface area contributed by atoms with E-state index in [2.05, 4.69) is 15.7 Å². The maximum absolute atomic E-state index is 11.4. The summed E-state index contributed by atoms with van der Waals surface area (Å²) in [6, 6.07) is 0. The minimum atomic E-state index is -0.289. The van der Waals surface area contributed by atoms with E-state index in [9.17, 15) is 9.59 Å². The molecule has 0 radical (unpaired) electrons. The summed E-state index contributed by atoms with van der Waals surface area (Å²) in [7, 11) is 1.54. The average molecular weight is 255 g/mol. The van der Waals surface area contributed by atoms with Crippen LogP contribution in [0.1, 0.15) is 0 Å². The van der Waals surface area contributed by atoms with Gasteiger partial charge >= 0.3 is 0 Å². The highest BCUT2D eigenvalue weighted by Crippen LogP contribution is 2.04. The molecule has 8 nitrogen and oxygen atoms in total. The number of hydrogen-bond donors (Lipinski definition) is 3. The first kappa shape index (κ1) is 14.1. The molecule has 1 heterocycles. The van der Waals surface area contributed by atoms with Crippen molar-refractivity contribution in [2.75, 3.05) is 32.1 Å². The molecule has 1 aromatic heterocycles. The quantitative estimate of drug-likeness (QED) is 0.516. The summed E-state index contributed by atoms with van der Waals surface area (Å²) in [5.41, 5.74) is 5.74. The van der Waals surface area contributed by atoms with Crippen LogP contribution in [0.4, 0.5) is 5.69 Å². The van der Waals surface area contributed by atoms with Crippen LogP contribution in [0.25, 0.3) is 0 Å². The summed E-state index contributed by atoms with van der Waals surface area (Å²) in [4.78, 5) is 22.5. The van der Waals surface area contributed by atoms with Gasteiger partial charge in [0.15, 0.2) is 0 Å². The van der Waals surface area contributed by atoms with Crippen LogP contribution in [-0.4, -0.2) is 48.4 Å². The van der Waals surface area contributed by atoms with Gasteiger partial charge in [-0.1, -0.05) is 0 Å². The first-order valence-corrected chi connectivity index (χ1v) is 5.46. The number of nitrogens with zero attached hydrogens (tertiary/aromatic N) is 2. The monoisotopic (exact) mass is 255 g/mol. The Morgan fingerprint density at radius 1 is 1.50 bits per heavy atom. The van der Waals surface area contributed by atoms with E-state index >= 15 is 0 Å². The van der Waals surface area contributed by atoms with Crippen molar-refractivity contribution < 1.29 is 14.3 Å². The number of carbonyl (C=O) groups excluding carboxylic acids is 2. The van der Waals surface area contributed by atoms with Crippen LogP contribution in [-0.2, 0) is 20.9 Å². The fourth-order valence-corrected chi connectivity index (χ4v) is 1.19. The summed E-state index contributed by atoms with van der Waals surface area (Å²) in [5, 5.41) is 9.01. The second kappa shape index (κ2) is 7.41. The predicted octanol–water partition coefficient (Wildman–Crippen LogP) is -1.46. The van der Waals surface area contributed by atoms with Gasteiger partial charge in [-0.15, -0.1) is 0 Å². The molecule has 0 unspecified atom stereocenters. The Labute approximate surface area is 104 Å². The van der Waals surface area contributed by atoms with E-state index in [4.69, 9.17) is 10.5 Å². The smallest absolute Gasteiger partial charge is 0.250 e. The molecule has 100 valence electrons. The lowest BCUT2D eigenvalue weighted by Gasteiger charge is -2.03. The van der Waals surface area contributed by atoms with Crippen LogP contribution < -0.4 is 16.4 Å². The summed E-state index contributed by atoms with van der Waals surface area (Å²) in [6.07, 6.45) is 3.03. The average Bonchev–Trinajstić information content (AvgIpc) is 2.76. The lowest BCUT2D eigenvalue weighted by atomic mass is 10.5. The molecule has 2 amide bonds. The third kappa shape index (κ3) is 4.93. The summed E-state index contributed by atoms with van der Waals surface area (Å²) in [5.74, 6) is -0.454. The second-order valence-electron chi connectivity index (χ2n) is 3.49. The maximum atomic E-state index is 11.4. The van der Waals surface area contributed by atoms with Gasteiger partial charge in [0.2, 0.25) is 11.8 Å². The number of anilines is 1. The molecule has 0 aliphatic rings. The zero-order valence-electron chi connectivity index (χ0n) is 10.2. The molecule has 0 aliphatic carbocycles. The largest absolute Gasteiger partial charge is 0.370 e. The van der Waals surface area contributed by atoms with Gasteiger partial charge in [-0.2, -0.15) is 5.10 Å². The Balaban J connectivity index is 2.38. The SMILES string of the molecule is CNC(=O)Cn1cc(NC(=O)COCCN)cn1. The third-order valence-corrected chi connectivity index (χ3v) is 2.00. The first-order chi connectivity index (χ1) is 8.65. The Morgan fingerprint density at radius 3 is 2.94 bits per heavy atom. The zero-order chi connectivity index (χ0) is 13.4. The van der Waals surface area contributed by atoms with Crippen LogP contribution in [0, 0.1) is 0 Å². The molecular formula is C10H17N5O3. The van der Waals surface area contributed by atoms with Crippen molar-refractivity contribution in [3.05, 3.63) is 12.4 Å². The molecule has 0 fully saturated rings. The summed E-state index contributed by atoms with van der Waals surface area (Å²) in [6.45, 7) is 0.758. The fourth-order valence-electron chi connectivity index (χ4n) is 1.19. The Morgan fingerprint density at radius 2 is 2.28 bits per heavy atom. The minimum absolute atomic E-state index is 0.0577. The number of ether oxygens (including phenoxy) is 1. The molecular weight excluding hydrogens is 238 g/mol. The van der Waals surface area contributed by atoms with Crippen molar-refractivity contribution in [3.63, 3.8) is 0 Å². The fraction of sp³-hybridized carbons (Fsp3) is 0.500.